The molecule has 4 nitrogen and oxygen atoms in total. The second-order valence-corrected chi connectivity index (χ2v) is 8.00. The standard InChI is InChI=1S/C24H32N2O2/c1-2-26-19-22(13-14-25-15-17-28-18-16-25)24(23(26)27,20-9-5-3-6-10-20)21-11-7-4-8-12-21/h3-12,22-23,27H,2,13-19H2,1H3. The van der Waals surface area contributed by atoms with Crippen LogP contribution >= 0.6 is 0 Å². The number of hydrogen-bond acceptors (Lipinski definition) is 4. The van der Waals surface area contributed by atoms with Crippen molar-refractivity contribution in [1.82, 2.24) is 9.80 Å². The van der Waals surface area contributed by atoms with Gasteiger partial charge >= 0.3 is 0 Å². The van der Waals surface area contributed by atoms with Crippen LogP contribution in [0, 0.1) is 5.92 Å². The van der Waals surface area contributed by atoms with E-state index in [1.54, 1.807) is 0 Å². The predicted octanol–water partition coefficient (Wildman–Crippen LogP) is 2.97. The highest BCUT2D eigenvalue weighted by Crippen LogP contribution is 2.49. The van der Waals surface area contributed by atoms with E-state index < -0.39 is 11.6 Å². The SMILES string of the molecule is CCN1CC(CCN2CCOCC2)C(c2ccccc2)(c2ccccc2)C1O. The Morgan fingerprint density at radius 3 is 2.07 bits per heavy atom. The molecule has 2 heterocycles. The average Bonchev–Trinajstić information content (AvgIpc) is 3.06. The minimum absolute atomic E-state index is 0.357. The topological polar surface area (TPSA) is 35.9 Å². The molecule has 2 aliphatic heterocycles. The number of aliphatic hydroxyl groups excluding tert-OH is 1. The maximum Gasteiger partial charge on any atom is 0.121 e. The molecule has 2 unspecified atom stereocenters. The summed E-state index contributed by atoms with van der Waals surface area (Å²) in [6.45, 7) is 8.66. The lowest BCUT2D eigenvalue weighted by molar-refractivity contribution is 0.00338. The molecule has 4 heteroatoms. The normalized spacial score (nSPS) is 25.8. The third-order valence-corrected chi connectivity index (χ3v) is 6.66. The highest BCUT2D eigenvalue weighted by Gasteiger charge is 2.55. The quantitative estimate of drug-likeness (QED) is 0.836. The summed E-state index contributed by atoms with van der Waals surface area (Å²) in [6, 6.07) is 21.3. The second-order valence-electron chi connectivity index (χ2n) is 8.00. The largest absolute Gasteiger partial charge is 0.379 e. The molecule has 0 aliphatic carbocycles. The molecule has 0 spiro atoms. The van der Waals surface area contributed by atoms with Crippen molar-refractivity contribution < 1.29 is 9.84 Å². The fraction of sp³-hybridized carbons (Fsp3) is 0.500. The van der Waals surface area contributed by atoms with Crippen LogP contribution in [0.4, 0.5) is 0 Å². The predicted molar refractivity (Wildman–Crippen MR) is 112 cm³/mol. The number of aliphatic hydroxyl groups is 1. The third kappa shape index (κ3) is 3.50. The molecule has 2 aromatic rings. The molecule has 150 valence electrons. The molecule has 0 amide bonds. The van der Waals surface area contributed by atoms with Gasteiger partial charge in [0.25, 0.3) is 0 Å². The highest BCUT2D eigenvalue weighted by molar-refractivity contribution is 5.43. The van der Waals surface area contributed by atoms with Crippen LogP contribution in [0.1, 0.15) is 24.5 Å². The summed E-state index contributed by atoms with van der Waals surface area (Å²) >= 11 is 0. The van der Waals surface area contributed by atoms with Gasteiger partial charge in [-0.15, -0.1) is 0 Å². The Morgan fingerprint density at radius 1 is 0.964 bits per heavy atom. The van der Waals surface area contributed by atoms with Crippen LogP contribution < -0.4 is 0 Å². The Kier molecular flexibility index (Phi) is 6.12. The monoisotopic (exact) mass is 380 g/mol. The summed E-state index contributed by atoms with van der Waals surface area (Å²) in [5, 5.41) is 11.6. The van der Waals surface area contributed by atoms with E-state index in [-0.39, 0.29) is 0 Å². The van der Waals surface area contributed by atoms with Crippen LogP contribution in [0.25, 0.3) is 0 Å². The maximum absolute atomic E-state index is 11.6. The van der Waals surface area contributed by atoms with Crippen molar-refractivity contribution in [3.05, 3.63) is 71.8 Å². The molecule has 0 bridgehead atoms. The van der Waals surface area contributed by atoms with Gasteiger partial charge in [-0.25, -0.2) is 0 Å². The van der Waals surface area contributed by atoms with Crippen molar-refractivity contribution >= 4 is 0 Å². The van der Waals surface area contributed by atoms with E-state index in [0.717, 1.165) is 52.4 Å². The number of morpholine rings is 1. The van der Waals surface area contributed by atoms with Gasteiger partial charge in [-0.1, -0.05) is 67.6 Å². The summed E-state index contributed by atoms with van der Waals surface area (Å²) in [7, 11) is 0. The number of hydrogen-bond donors (Lipinski definition) is 1. The first-order valence-corrected chi connectivity index (χ1v) is 10.6. The van der Waals surface area contributed by atoms with Crippen molar-refractivity contribution in [2.45, 2.75) is 25.0 Å². The van der Waals surface area contributed by atoms with Crippen LogP contribution in [-0.2, 0) is 10.2 Å². The van der Waals surface area contributed by atoms with E-state index in [1.165, 1.54) is 11.1 Å². The Hall–Kier alpha value is -1.72. The van der Waals surface area contributed by atoms with Crippen molar-refractivity contribution in [1.29, 1.82) is 0 Å². The fourth-order valence-electron chi connectivity index (χ4n) is 5.17. The molecule has 2 saturated heterocycles. The molecule has 1 N–H and O–H groups in total. The van der Waals surface area contributed by atoms with Crippen molar-refractivity contribution in [2.24, 2.45) is 5.92 Å². The van der Waals surface area contributed by atoms with Gasteiger partial charge < -0.3 is 9.84 Å². The Balaban J connectivity index is 1.73. The lowest BCUT2D eigenvalue weighted by atomic mass is 9.65. The van der Waals surface area contributed by atoms with E-state index in [2.05, 4.69) is 77.4 Å². The first kappa shape index (κ1) is 19.6. The zero-order chi connectivity index (χ0) is 19.4. The average molecular weight is 381 g/mol. The van der Waals surface area contributed by atoms with Crippen molar-refractivity contribution in [3.63, 3.8) is 0 Å². The second kappa shape index (κ2) is 8.75. The van der Waals surface area contributed by atoms with Crippen LogP contribution in [0.3, 0.4) is 0 Å². The minimum atomic E-state index is -0.517. The van der Waals surface area contributed by atoms with Gasteiger partial charge in [0.1, 0.15) is 6.23 Å². The van der Waals surface area contributed by atoms with Gasteiger partial charge in [-0.3, -0.25) is 9.80 Å². The zero-order valence-corrected chi connectivity index (χ0v) is 16.8. The minimum Gasteiger partial charge on any atom is -0.379 e. The van der Waals surface area contributed by atoms with Gasteiger partial charge in [0.2, 0.25) is 0 Å². The third-order valence-electron chi connectivity index (χ3n) is 6.66. The number of benzene rings is 2. The van der Waals surface area contributed by atoms with Crippen LogP contribution in [0.15, 0.2) is 60.7 Å². The fourth-order valence-corrected chi connectivity index (χ4v) is 5.17. The molecule has 0 radical (unpaired) electrons. The number of rotatable bonds is 6. The first-order chi connectivity index (χ1) is 13.8. The number of likely N-dealkylation sites (tertiary alicyclic amines) is 1. The Bertz CT molecular complexity index is 691. The van der Waals surface area contributed by atoms with Crippen molar-refractivity contribution in [2.75, 3.05) is 45.9 Å². The van der Waals surface area contributed by atoms with E-state index in [1.807, 2.05) is 0 Å². The molecule has 4 rings (SSSR count). The molecular formula is C24H32N2O2. The lowest BCUT2D eigenvalue weighted by Gasteiger charge is -2.40. The number of likely N-dealkylation sites (N-methyl/N-ethyl adjacent to an activating group) is 1. The zero-order valence-electron chi connectivity index (χ0n) is 16.8. The summed E-state index contributed by atoms with van der Waals surface area (Å²) in [5.41, 5.74) is 2.04. The van der Waals surface area contributed by atoms with Crippen LogP contribution in [0.2, 0.25) is 0 Å². The van der Waals surface area contributed by atoms with Gasteiger partial charge in [0.05, 0.1) is 18.6 Å². The highest BCUT2D eigenvalue weighted by atomic mass is 16.5. The number of nitrogens with zero attached hydrogens (tertiary/aromatic N) is 2. The summed E-state index contributed by atoms with van der Waals surface area (Å²) in [4.78, 5) is 4.75. The van der Waals surface area contributed by atoms with Crippen LogP contribution in [0.5, 0.6) is 0 Å². The van der Waals surface area contributed by atoms with E-state index in [9.17, 15) is 5.11 Å². The van der Waals surface area contributed by atoms with E-state index >= 15 is 0 Å². The Morgan fingerprint density at radius 2 is 1.54 bits per heavy atom. The maximum atomic E-state index is 11.6. The van der Waals surface area contributed by atoms with E-state index in [0.29, 0.717) is 5.92 Å². The molecule has 2 aromatic carbocycles. The first-order valence-electron chi connectivity index (χ1n) is 10.6. The van der Waals surface area contributed by atoms with Crippen LogP contribution in [-0.4, -0.2) is 67.1 Å². The van der Waals surface area contributed by atoms with E-state index in [4.69, 9.17) is 4.74 Å². The van der Waals surface area contributed by atoms with Crippen molar-refractivity contribution in [3.8, 4) is 0 Å². The smallest absolute Gasteiger partial charge is 0.121 e. The molecule has 28 heavy (non-hydrogen) atoms. The molecule has 0 aromatic heterocycles. The molecular weight excluding hydrogens is 348 g/mol. The van der Waals surface area contributed by atoms with Gasteiger partial charge in [-0.2, -0.15) is 0 Å². The van der Waals surface area contributed by atoms with Gasteiger partial charge in [0, 0.05) is 19.6 Å². The van der Waals surface area contributed by atoms with Gasteiger partial charge in [0.15, 0.2) is 0 Å². The van der Waals surface area contributed by atoms with Gasteiger partial charge in [-0.05, 0) is 36.6 Å². The molecule has 2 fully saturated rings. The molecule has 2 atom stereocenters. The summed E-state index contributed by atoms with van der Waals surface area (Å²) < 4.78 is 5.51. The summed E-state index contributed by atoms with van der Waals surface area (Å²) in [6.07, 6.45) is 0.550. The summed E-state index contributed by atoms with van der Waals surface area (Å²) in [5.74, 6) is 0.357. The number of ether oxygens (including phenoxy) is 1. The molecule has 2 aliphatic rings. The molecule has 0 saturated carbocycles. The Labute approximate surface area is 168 Å². The lowest BCUT2D eigenvalue weighted by Crippen LogP contribution is -2.46.